The first-order chi connectivity index (χ1) is 9.67. The van der Waals surface area contributed by atoms with E-state index >= 15 is 0 Å². The van der Waals surface area contributed by atoms with Crippen LogP contribution < -0.4 is 0 Å². The van der Waals surface area contributed by atoms with Crippen molar-refractivity contribution >= 4 is 23.5 Å². The Morgan fingerprint density at radius 1 is 0.900 bits per heavy atom. The molecular formula is C16H12N2O2. The summed E-state index contributed by atoms with van der Waals surface area (Å²) in [7, 11) is 0. The zero-order chi connectivity index (χ0) is 14.5. The highest BCUT2D eigenvalue weighted by Crippen LogP contribution is 2.33. The van der Waals surface area contributed by atoms with E-state index < -0.39 is 0 Å². The summed E-state index contributed by atoms with van der Waals surface area (Å²) in [5, 5.41) is 0. The zero-order valence-electron chi connectivity index (χ0n) is 11.2. The maximum absolute atomic E-state index is 10.4. The second kappa shape index (κ2) is 5.89. The van der Waals surface area contributed by atoms with E-state index in [2.05, 4.69) is 9.98 Å². The van der Waals surface area contributed by atoms with Gasteiger partial charge in [-0.05, 0) is 54.3 Å². The van der Waals surface area contributed by atoms with E-state index in [0.29, 0.717) is 11.4 Å². The lowest BCUT2D eigenvalue weighted by Gasteiger charge is -2.11. The van der Waals surface area contributed by atoms with Crippen LogP contribution in [0.3, 0.4) is 0 Å². The minimum absolute atomic E-state index is 0.546. The van der Waals surface area contributed by atoms with Gasteiger partial charge in [0.05, 0.1) is 11.4 Å². The highest BCUT2D eigenvalue weighted by molar-refractivity contribution is 5.77. The van der Waals surface area contributed by atoms with E-state index in [-0.39, 0.29) is 0 Å². The number of rotatable bonds is 3. The topological polar surface area (TPSA) is 58.9 Å². The molecule has 0 unspecified atom stereocenters. The van der Waals surface area contributed by atoms with Crippen molar-refractivity contribution < 1.29 is 9.59 Å². The van der Waals surface area contributed by atoms with Crippen molar-refractivity contribution in [2.24, 2.45) is 9.98 Å². The molecule has 2 aromatic rings. The lowest BCUT2D eigenvalue weighted by atomic mass is 9.95. The number of hydrogen-bond acceptors (Lipinski definition) is 4. The van der Waals surface area contributed by atoms with E-state index in [1.54, 1.807) is 18.2 Å². The van der Waals surface area contributed by atoms with Crippen LogP contribution in [0.5, 0.6) is 0 Å². The number of benzene rings is 2. The van der Waals surface area contributed by atoms with Crippen LogP contribution in [0.4, 0.5) is 11.4 Å². The van der Waals surface area contributed by atoms with Gasteiger partial charge < -0.3 is 0 Å². The molecule has 20 heavy (non-hydrogen) atoms. The van der Waals surface area contributed by atoms with Crippen molar-refractivity contribution in [3.63, 3.8) is 0 Å². The number of isocyanates is 2. The summed E-state index contributed by atoms with van der Waals surface area (Å²) >= 11 is 0. The Morgan fingerprint density at radius 2 is 1.65 bits per heavy atom. The third-order valence-electron chi connectivity index (χ3n) is 3.16. The van der Waals surface area contributed by atoms with Gasteiger partial charge in [-0.2, -0.15) is 9.98 Å². The molecule has 0 atom stereocenters. The summed E-state index contributed by atoms with van der Waals surface area (Å²) in [4.78, 5) is 28.1. The van der Waals surface area contributed by atoms with Gasteiger partial charge in [0.2, 0.25) is 12.2 Å². The molecule has 0 radical (unpaired) electrons. The first kappa shape index (κ1) is 13.6. The molecular weight excluding hydrogens is 252 g/mol. The minimum atomic E-state index is 0.546. The molecule has 0 aromatic heterocycles. The van der Waals surface area contributed by atoms with Gasteiger partial charge in [0.25, 0.3) is 0 Å². The summed E-state index contributed by atoms with van der Waals surface area (Å²) in [6.45, 7) is 3.86. The first-order valence-corrected chi connectivity index (χ1v) is 6.03. The zero-order valence-corrected chi connectivity index (χ0v) is 11.2. The molecule has 0 amide bonds. The third kappa shape index (κ3) is 2.62. The highest BCUT2D eigenvalue weighted by Gasteiger charge is 2.09. The highest BCUT2D eigenvalue weighted by atomic mass is 16.1. The first-order valence-electron chi connectivity index (χ1n) is 6.03. The van der Waals surface area contributed by atoms with Crippen LogP contribution >= 0.6 is 0 Å². The van der Waals surface area contributed by atoms with Gasteiger partial charge >= 0.3 is 0 Å². The Hall–Kier alpha value is -2.80. The predicted octanol–water partition coefficient (Wildman–Crippen LogP) is 3.91. The van der Waals surface area contributed by atoms with Crippen molar-refractivity contribution in [2.45, 2.75) is 13.8 Å². The van der Waals surface area contributed by atoms with Crippen LogP contribution in [0, 0.1) is 13.8 Å². The lowest BCUT2D eigenvalue weighted by Crippen LogP contribution is -1.87. The SMILES string of the molecule is Cc1ccc(N=C=O)cc1-c1cccc(N=C=O)c1C. The average Bonchev–Trinajstić information content (AvgIpc) is 2.44. The van der Waals surface area contributed by atoms with E-state index in [1.807, 2.05) is 38.1 Å². The van der Waals surface area contributed by atoms with Crippen molar-refractivity contribution in [1.29, 1.82) is 0 Å². The summed E-state index contributed by atoms with van der Waals surface area (Å²) in [5.74, 6) is 0. The molecule has 0 bridgehead atoms. The number of aliphatic imine (C=N–C) groups is 2. The molecule has 0 saturated carbocycles. The van der Waals surface area contributed by atoms with Gasteiger partial charge in [-0.3, -0.25) is 0 Å². The largest absolute Gasteiger partial charge is 0.240 e. The molecule has 0 aliphatic carbocycles. The molecule has 4 heteroatoms. The Labute approximate surface area is 116 Å². The van der Waals surface area contributed by atoms with E-state index in [4.69, 9.17) is 0 Å². The fraction of sp³-hybridized carbons (Fsp3) is 0.125. The Balaban J connectivity index is 2.67. The standard InChI is InChI=1S/C16H12N2O2/c1-11-6-7-13(17-9-19)8-15(11)14-4-3-5-16(12(14)2)18-10-20/h3-8H,1-2H3. The quantitative estimate of drug-likeness (QED) is 0.623. The van der Waals surface area contributed by atoms with Gasteiger partial charge in [0.1, 0.15) is 0 Å². The Kier molecular flexibility index (Phi) is 4.02. The average molecular weight is 264 g/mol. The molecule has 0 heterocycles. The van der Waals surface area contributed by atoms with Gasteiger partial charge in [-0.15, -0.1) is 0 Å². The monoisotopic (exact) mass is 264 g/mol. The summed E-state index contributed by atoms with van der Waals surface area (Å²) < 4.78 is 0. The normalized spacial score (nSPS) is 9.50. The molecule has 2 aromatic carbocycles. The molecule has 0 saturated heterocycles. The Bertz CT molecular complexity index is 753. The maximum Gasteiger partial charge on any atom is 0.240 e. The van der Waals surface area contributed by atoms with Crippen LogP contribution in [0.15, 0.2) is 46.4 Å². The molecule has 0 aliphatic rings. The minimum Gasteiger partial charge on any atom is -0.211 e. The van der Waals surface area contributed by atoms with E-state index in [9.17, 15) is 9.59 Å². The van der Waals surface area contributed by atoms with Gasteiger partial charge in [-0.1, -0.05) is 18.2 Å². The van der Waals surface area contributed by atoms with Crippen LogP contribution in [0.2, 0.25) is 0 Å². The van der Waals surface area contributed by atoms with Crippen LogP contribution in [-0.2, 0) is 9.59 Å². The van der Waals surface area contributed by atoms with Gasteiger partial charge in [-0.25, -0.2) is 9.59 Å². The summed E-state index contributed by atoms with van der Waals surface area (Å²) in [6.07, 6.45) is 3.09. The molecule has 0 spiro atoms. The molecule has 4 nitrogen and oxygen atoms in total. The van der Waals surface area contributed by atoms with E-state index in [1.165, 1.54) is 6.08 Å². The summed E-state index contributed by atoms with van der Waals surface area (Å²) in [5.41, 5.74) is 4.95. The lowest BCUT2D eigenvalue weighted by molar-refractivity contribution is 0.564. The second-order valence-electron chi connectivity index (χ2n) is 4.36. The van der Waals surface area contributed by atoms with Crippen molar-refractivity contribution in [3.8, 4) is 11.1 Å². The molecule has 0 N–H and O–H groups in total. The van der Waals surface area contributed by atoms with Crippen molar-refractivity contribution in [1.82, 2.24) is 0 Å². The predicted molar refractivity (Wildman–Crippen MR) is 76.9 cm³/mol. The smallest absolute Gasteiger partial charge is 0.211 e. The summed E-state index contributed by atoms with van der Waals surface area (Å²) in [6, 6.07) is 11.0. The van der Waals surface area contributed by atoms with Crippen LogP contribution in [-0.4, -0.2) is 12.2 Å². The van der Waals surface area contributed by atoms with Crippen molar-refractivity contribution in [3.05, 3.63) is 47.5 Å². The second-order valence-corrected chi connectivity index (χ2v) is 4.36. The van der Waals surface area contributed by atoms with Crippen LogP contribution in [0.25, 0.3) is 11.1 Å². The fourth-order valence-electron chi connectivity index (χ4n) is 2.11. The number of aryl methyl sites for hydroxylation is 1. The number of nitrogens with zero attached hydrogens (tertiary/aromatic N) is 2. The van der Waals surface area contributed by atoms with Crippen LogP contribution in [0.1, 0.15) is 11.1 Å². The Morgan fingerprint density at radius 3 is 2.35 bits per heavy atom. The third-order valence-corrected chi connectivity index (χ3v) is 3.16. The molecule has 2 rings (SSSR count). The molecule has 0 aliphatic heterocycles. The fourth-order valence-corrected chi connectivity index (χ4v) is 2.11. The maximum atomic E-state index is 10.4. The number of hydrogen-bond donors (Lipinski definition) is 0. The van der Waals surface area contributed by atoms with Gasteiger partial charge in [0, 0.05) is 0 Å². The van der Waals surface area contributed by atoms with E-state index in [0.717, 1.165) is 22.3 Å². The van der Waals surface area contributed by atoms with Gasteiger partial charge in [0.15, 0.2) is 0 Å². The van der Waals surface area contributed by atoms with Crippen molar-refractivity contribution in [2.75, 3.05) is 0 Å². The molecule has 98 valence electrons. The molecule has 0 fully saturated rings. The number of carbonyl (C=O) groups excluding carboxylic acids is 2.